The molecule has 1 N–H and O–H groups in total. The topological polar surface area (TPSA) is 104 Å². The Labute approximate surface area is 193 Å². The van der Waals surface area contributed by atoms with Crippen LogP contribution in [-0.4, -0.2) is 28.3 Å². The summed E-state index contributed by atoms with van der Waals surface area (Å²) in [5, 5.41) is 11.0. The molecule has 0 fully saturated rings. The van der Waals surface area contributed by atoms with E-state index >= 15 is 0 Å². The molecule has 1 heterocycles. The molecule has 3 aromatic rings. The zero-order chi connectivity index (χ0) is 23.8. The first kappa shape index (κ1) is 24.0. The first-order valence-corrected chi connectivity index (χ1v) is 10.8. The van der Waals surface area contributed by atoms with Crippen molar-refractivity contribution in [2.75, 3.05) is 0 Å². The third-order valence-corrected chi connectivity index (χ3v) is 5.00. The van der Waals surface area contributed by atoms with E-state index in [4.69, 9.17) is 13.9 Å². The Morgan fingerprint density at radius 2 is 1.76 bits per heavy atom. The number of nitrogens with one attached hydrogen (secondary N) is 1. The first-order valence-electron chi connectivity index (χ1n) is 10.8. The second kappa shape index (κ2) is 11.3. The van der Waals surface area contributed by atoms with Crippen molar-refractivity contribution in [3.05, 3.63) is 83.1 Å². The molecule has 0 saturated carbocycles. The zero-order valence-corrected chi connectivity index (χ0v) is 19.3. The lowest BCUT2D eigenvalue weighted by molar-refractivity contribution is -0.150. The van der Waals surface area contributed by atoms with Crippen molar-refractivity contribution < 1.29 is 23.5 Å². The summed E-state index contributed by atoms with van der Waals surface area (Å²) in [7, 11) is 0. The van der Waals surface area contributed by atoms with Gasteiger partial charge in [-0.25, -0.2) is 4.79 Å². The quantitative estimate of drug-likeness (QED) is 0.477. The lowest BCUT2D eigenvalue weighted by atomic mass is 9.98. The molecule has 0 bridgehead atoms. The van der Waals surface area contributed by atoms with Gasteiger partial charge in [-0.1, -0.05) is 74.0 Å². The van der Waals surface area contributed by atoms with Crippen molar-refractivity contribution in [3.63, 3.8) is 0 Å². The van der Waals surface area contributed by atoms with E-state index in [2.05, 4.69) is 15.5 Å². The standard InChI is InChI=1S/C25H29N3O5/c1-16(2)22(26-25(30)31-15-19-10-6-5-7-11-19)23(32-18(4)29)24-28-27-21(33-24)14-20-12-8-9-17(3)13-20/h5-13,16,22-23H,14-15H2,1-4H3,(H,26,30). The maximum atomic E-state index is 12.5. The smallest absolute Gasteiger partial charge is 0.407 e. The van der Waals surface area contributed by atoms with Crippen LogP contribution in [0.25, 0.3) is 0 Å². The number of aromatic nitrogens is 2. The van der Waals surface area contributed by atoms with Crippen molar-refractivity contribution >= 4 is 12.1 Å². The molecule has 3 rings (SSSR count). The van der Waals surface area contributed by atoms with Crippen LogP contribution in [-0.2, 0) is 27.3 Å². The van der Waals surface area contributed by atoms with Gasteiger partial charge >= 0.3 is 12.1 Å². The van der Waals surface area contributed by atoms with Crippen molar-refractivity contribution in [1.29, 1.82) is 0 Å². The molecule has 33 heavy (non-hydrogen) atoms. The minimum Gasteiger partial charge on any atom is -0.450 e. The number of aryl methyl sites for hydroxylation is 1. The maximum Gasteiger partial charge on any atom is 0.407 e. The summed E-state index contributed by atoms with van der Waals surface area (Å²) in [6, 6.07) is 16.7. The number of benzene rings is 2. The molecule has 0 aliphatic rings. The SMILES string of the molecule is CC(=O)OC(c1nnc(Cc2cccc(C)c2)o1)C(NC(=O)OCc1ccccc1)C(C)C. The average molecular weight is 452 g/mol. The summed E-state index contributed by atoms with van der Waals surface area (Å²) in [5.41, 5.74) is 3.02. The second-order valence-corrected chi connectivity index (χ2v) is 8.21. The number of rotatable bonds is 9. The number of amides is 1. The van der Waals surface area contributed by atoms with Gasteiger partial charge in [-0.2, -0.15) is 0 Å². The van der Waals surface area contributed by atoms with E-state index in [0.717, 1.165) is 16.7 Å². The minimum absolute atomic E-state index is 0.120. The molecule has 0 radical (unpaired) electrons. The molecule has 0 aliphatic carbocycles. The van der Waals surface area contributed by atoms with Gasteiger partial charge in [0.1, 0.15) is 6.61 Å². The van der Waals surface area contributed by atoms with Crippen LogP contribution in [0.3, 0.4) is 0 Å². The highest BCUT2D eigenvalue weighted by Gasteiger charge is 2.35. The lowest BCUT2D eigenvalue weighted by Crippen LogP contribution is -2.44. The fourth-order valence-corrected chi connectivity index (χ4v) is 3.40. The fourth-order valence-electron chi connectivity index (χ4n) is 3.40. The van der Waals surface area contributed by atoms with E-state index in [9.17, 15) is 9.59 Å². The van der Waals surface area contributed by atoms with Crippen LogP contribution in [0.4, 0.5) is 4.79 Å². The Kier molecular flexibility index (Phi) is 8.18. The van der Waals surface area contributed by atoms with Crippen molar-refractivity contribution in [2.24, 2.45) is 5.92 Å². The molecule has 0 spiro atoms. The van der Waals surface area contributed by atoms with Crippen LogP contribution in [0.5, 0.6) is 0 Å². The number of alkyl carbamates (subject to hydrolysis) is 1. The lowest BCUT2D eigenvalue weighted by Gasteiger charge is -2.27. The maximum absolute atomic E-state index is 12.5. The van der Waals surface area contributed by atoms with E-state index < -0.39 is 24.2 Å². The Hall–Kier alpha value is -3.68. The van der Waals surface area contributed by atoms with Crippen LogP contribution in [0.1, 0.15) is 55.3 Å². The van der Waals surface area contributed by atoms with Gasteiger partial charge in [-0.15, -0.1) is 10.2 Å². The van der Waals surface area contributed by atoms with Crippen molar-refractivity contribution in [1.82, 2.24) is 15.5 Å². The molecule has 0 saturated heterocycles. The number of nitrogens with zero attached hydrogens (tertiary/aromatic N) is 2. The minimum atomic E-state index is -0.953. The van der Waals surface area contributed by atoms with Gasteiger partial charge in [-0.3, -0.25) is 4.79 Å². The Morgan fingerprint density at radius 3 is 2.42 bits per heavy atom. The predicted octanol–water partition coefficient (Wildman–Crippen LogP) is 4.52. The van der Waals surface area contributed by atoms with Crippen LogP contribution >= 0.6 is 0 Å². The second-order valence-electron chi connectivity index (χ2n) is 8.21. The van der Waals surface area contributed by atoms with Crippen LogP contribution in [0.15, 0.2) is 59.0 Å². The van der Waals surface area contributed by atoms with Crippen LogP contribution in [0, 0.1) is 12.8 Å². The number of esters is 1. The molecule has 1 aromatic heterocycles. The highest BCUT2D eigenvalue weighted by molar-refractivity contribution is 5.68. The van der Waals surface area contributed by atoms with Gasteiger partial charge in [0, 0.05) is 6.92 Å². The summed E-state index contributed by atoms with van der Waals surface area (Å²) >= 11 is 0. The molecule has 2 unspecified atom stereocenters. The van der Waals surface area contributed by atoms with Gasteiger partial charge in [-0.05, 0) is 24.0 Å². The van der Waals surface area contributed by atoms with Crippen molar-refractivity contribution in [3.8, 4) is 0 Å². The van der Waals surface area contributed by atoms with Gasteiger partial charge in [0.15, 0.2) is 6.10 Å². The molecular weight excluding hydrogens is 422 g/mol. The third kappa shape index (κ3) is 7.17. The number of carbonyl (C=O) groups is 2. The number of hydrogen-bond donors (Lipinski definition) is 1. The summed E-state index contributed by atoms with van der Waals surface area (Å²) < 4.78 is 16.7. The Bertz CT molecular complexity index is 1060. The number of hydrogen-bond acceptors (Lipinski definition) is 7. The molecule has 8 heteroatoms. The zero-order valence-electron chi connectivity index (χ0n) is 19.3. The molecule has 174 valence electrons. The first-order chi connectivity index (χ1) is 15.8. The molecule has 2 aromatic carbocycles. The third-order valence-electron chi connectivity index (χ3n) is 5.00. The molecule has 0 aliphatic heterocycles. The Morgan fingerprint density at radius 1 is 1.03 bits per heavy atom. The number of ether oxygens (including phenoxy) is 2. The van der Waals surface area contributed by atoms with Crippen LogP contribution in [0.2, 0.25) is 0 Å². The number of carbonyl (C=O) groups excluding carboxylic acids is 2. The van der Waals surface area contributed by atoms with E-state index in [1.807, 2.05) is 75.4 Å². The van der Waals surface area contributed by atoms with Crippen molar-refractivity contribution in [2.45, 2.75) is 52.9 Å². The predicted molar refractivity (Wildman–Crippen MR) is 121 cm³/mol. The van der Waals surface area contributed by atoms with Crippen LogP contribution < -0.4 is 5.32 Å². The van der Waals surface area contributed by atoms with Gasteiger partial charge in [0.25, 0.3) is 5.89 Å². The largest absolute Gasteiger partial charge is 0.450 e. The van der Waals surface area contributed by atoms with E-state index in [0.29, 0.717) is 12.3 Å². The van der Waals surface area contributed by atoms with E-state index in [-0.39, 0.29) is 18.4 Å². The molecule has 8 nitrogen and oxygen atoms in total. The van der Waals surface area contributed by atoms with Gasteiger partial charge < -0.3 is 19.2 Å². The Balaban J connectivity index is 1.73. The van der Waals surface area contributed by atoms with Gasteiger partial charge in [0.05, 0.1) is 12.5 Å². The molecule has 2 atom stereocenters. The summed E-state index contributed by atoms with van der Waals surface area (Å²) in [6.45, 7) is 7.21. The summed E-state index contributed by atoms with van der Waals surface area (Å²) in [5.74, 6) is -0.133. The summed E-state index contributed by atoms with van der Waals surface area (Å²) in [6.07, 6.45) is -1.14. The highest BCUT2D eigenvalue weighted by atomic mass is 16.6. The van der Waals surface area contributed by atoms with E-state index in [1.165, 1.54) is 6.92 Å². The fraction of sp³-hybridized carbons (Fsp3) is 0.360. The highest BCUT2D eigenvalue weighted by Crippen LogP contribution is 2.26. The average Bonchev–Trinajstić information content (AvgIpc) is 3.23. The monoisotopic (exact) mass is 451 g/mol. The van der Waals surface area contributed by atoms with Gasteiger partial charge in [0.2, 0.25) is 5.89 Å². The molecule has 1 amide bonds. The summed E-state index contributed by atoms with van der Waals surface area (Å²) in [4.78, 5) is 24.3. The normalized spacial score (nSPS) is 12.8. The molecular formula is C25H29N3O5. The van der Waals surface area contributed by atoms with E-state index in [1.54, 1.807) is 0 Å².